The van der Waals surface area contributed by atoms with E-state index >= 15 is 0 Å². The zero-order valence-electron chi connectivity index (χ0n) is 36.9. The molecule has 0 N–H and O–H groups in total. The average molecular weight is 868 g/mol. The molecule has 0 amide bonds. The highest BCUT2D eigenvalue weighted by Gasteiger charge is 2.22. The Morgan fingerprint density at radius 2 is 0.632 bits per heavy atom. The highest BCUT2D eigenvalue weighted by atomic mass is 15.1. The zero-order chi connectivity index (χ0) is 45.0. The van der Waals surface area contributed by atoms with Crippen LogP contribution in [0.4, 0.5) is 0 Å². The first-order valence-electron chi connectivity index (χ1n) is 23.0. The zero-order valence-corrected chi connectivity index (χ0v) is 36.9. The molecule has 0 fully saturated rings. The van der Waals surface area contributed by atoms with E-state index in [0.717, 1.165) is 50.2 Å². The first-order valence-corrected chi connectivity index (χ1v) is 23.0. The summed E-state index contributed by atoms with van der Waals surface area (Å²) in [6.45, 7) is 0. The molecule has 0 radical (unpaired) electrons. The molecular weight excluding hydrogens is 827 g/mol. The van der Waals surface area contributed by atoms with E-state index in [-0.39, 0.29) is 0 Å². The van der Waals surface area contributed by atoms with Gasteiger partial charge in [0, 0.05) is 43.9 Å². The molecule has 0 unspecified atom stereocenters. The Balaban J connectivity index is 1.08. The lowest BCUT2D eigenvalue weighted by atomic mass is 10.00. The Bertz CT molecular complexity index is 3800. The Morgan fingerprint density at radius 3 is 1.16 bits per heavy atom. The van der Waals surface area contributed by atoms with Crippen molar-refractivity contribution in [2.24, 2.45) is 0 Å². The van der Waals surface area contributed by atoms with Gasteiger partial charge in [-0.3, -0.25) is 0 Å². The largest absolute Gasteiger partial charge is 0.309 e. The van der Waals surface area contributed by atoms with Crippen LogP contribution in [0.25, 0.3) is 123 Å². The average Bonchev–Trinajstić information content (AvgIpc) is 3.94. The second-order valence-electron chi connectivity index (χ2n) is 17.2. The molecule has 0 aliphatic carbocycles. The fourth-order valence-corrected chi connectivity index (χ4v) is 9.95. The van der Waals surface area contributed by atoms with E-state index in [1.807, 2.05) is 36.4 Å². The highest BCUT2D eigenvalue weighted by Crippen LogP contribution is 2.42. The number of rotatable bonds is 8. The molecule has 10 aromatic carbocycles. The Labute approximate surface area is 393 Å². The molecule has 3 aromatic heterocycles. The van der Waals surface area contributed by atoms with Gasteiger partial charge in [-0.05, 0) is 94.0 Å². The van der Waals surface area contributed by atoms with E-state index in [1.165, 1.54) is 54.8 Å². The first kappa shape index (κ1) is 39.2. The lowest BCUT2D eigenvalue weighted by molar-refractivity contribution is 1.06. The molecule has 0 aliphatic heterocycles. The molecule has 5 nitrogen and oxygen atoms in total. The molecule has 0 bridgehead atoms. The molecule has 3 heterocycles. The molecule has 0 spiro atoms. The van der Waals surface area contributed by atoms with E-state index in [9.17, 15) is 0 Å². The van der Waals surface area contributed by atoms with E-state index < -0.39 is 0 Å². The Kier molecular flexibility index (Phi) is 9.43. The lowest BCUT2D eigenvalue weighted by Gasteiger charge is -2.17. The third kappa shape index (κ3) is 6.76. The third-order valence-electron chi connectivity index (χ3n) is 13.2. The number of benzene rings is 10. The molecule has 0 atom stereocenters. The fraction of sp³-hybridized carbons (Fsp3) is 0. The van der Waals surface area contributed by atoms with Crippen molar-refractivity contribution in [3.05, 3.63) is 249 Å². The normalized spacial score (nSPS) is 11.5. The molecule has 13 aromatic rings. The molecule has 0 aliphatic rings. The maximum atomic E-state index is 5.36. The van der Waals surface area contributed by atoms with Crippen molar-refractivity contribution in [2.45, 2.75) is 0 Å². The van der Waals surface area contributed by atoms with Gasteiger partial charge < -0.3 is 9.13 Å². The second-order valence-corrected chi connectivity index (χ2v) is 17.2. The number of fused-ring (bicyclic) bond motifs is 6. The van der Waals surface area contributed by atoms with Gasteiger partial charge in [0.1, 0.15) is 0 Å². The van der Waals surface area contributed by atoms with Crippen LogP contribution in [-0.4, -0.2) is 24.1 Å². The smallest absolute Gasteiger partial charge is 0.166 e. The van der Waals surface area contributed by atoms with Crippen molar-refractivity contribution in [3.63, 3.8) is 0 Å². The molecule has 13 rings (SSSR count). The molecular formula is C63H41N5. The highest BCUT2D eigenvalue weighted by molar-refractivity contribution is 6.12. The van der Waals surface area contributed by atoms with E-state index in [0.29, 0.717) is 17.5 Å². The van der Waals surface area contributed by atoms with Crippen LogP contribution >= 0.6 is 0 Å². The van der Waals surface area contributed by atoms with Gasteiger partial charge in [0.2, 0.25) is 0 Å². The van der Waals surface area contributed by atoms with Gasteiger partial charge in [-0.25, -0.2) is 15.0 Å². The van der Waals surface area contributed by atoms with E-state index in [2.05, 4.69) is 221 Å². The summed E-state index contributed by atoms with van der Waals surface area (Å²) in [5, 5.41) is 4.80. The predicted molar refractivity (Wildman–Crippen MR) is 281 cm³/mol. The summed E-state index contributed by atoms with van der Waals surface area (Å²) < 4.78 is 4.77. The van der Waals surface area contributed by atoms with Gasteiger partial charge in [0.15, 0.2) is 17.5 Å². The summed E-state index contributed by atoms with van der Waals surface area (Å²) in [7, 11) is 0. The van der Waals surface area contributed by atoms with Crippen molar-refractivity contribution in [3.8, 4) is 78.9 Å². The minimum Gasteiger partial charge on any atom is -0.309 e. The number of para-hydroxylation sites is 2. The van der Waals surface area contributed by atoms with Crippen LogP contribution in [0.15, 0.2) is 249 Å². The molecule has 5 heteroatoms. The number of hydrogen-bond donors (Lipinski definition) is 0. The molecule has 68 heavy (non-hydrogen) atoms. The minimum absolute atomic E-state index is 0.588. The van der Waals surface area contributed by atoms with Crippen molar-refractivity contribution >= 4 is 43.6 Å². The van der Waals surface area contributed by atoms with Gasteiger partial charge in [-0.2, -0.15) is 0 Å². The number of aromatic nitrogens is 5. The summed E-state index contributed by atoms with van der Waals surface area (Å²) in [5.41, 5.74) is 16.1. The van der Waals surface area contributed by atoms with Gasteiger partial charge in [0.05, 0.1) is 27.8 Å². The minimum atomic E-state index is 0.588. The number of nitrogens with zero attached hydrogens (tertiary/aromatic N) is 5. The van der Waals surface area contributed by atoms with Gasteiger partial charge in [-0.15, -0.1) is 0 Å². The van der Waals surface area contributed by atoms with Crippen LogP contribution < -0.4 is 0 Å². The lowest BCUT2D eigenvalue weighted by Crippen LogP contribution is -2.04. The topological polar surface area (TPSA) is 48.5 Å². The van der Waals surface area contributed by atoms with Crippen LogP contribution in [0.1, 0.15) is 0 Å². The van der Waals surface area contributed by atoms with Crippen molar-refractivity contribution in [1.82, 2.24) is 24.1 Å². The Morgan fingerprint density at radius 1 is 0.235 bits per heavy atom. The third-order valence-corrected chi connectivity index (χ3v) is 13.2. The van der Waals surface area contributed by atoms with E-state index in [1.54, 1.807) is 0 Å². The summed E-state index contributed by atoms with van der Waals surface area (Å²) in [6, 6.07) is 88.3. The predicted octanol–water partition coefficient (Wildman–Crippen LogP) is 16.1. The van der Waals surface area contributed by atoms with Crippen LogP contribution in [0.3, 0.4) is 0 Å². The second kappa shape index (κ2) is 16.4. The van der Waals surface area contributed by atoms with E-state index in [4.69, 9.17) is 15.0 Å². The number of hydrogen-bond acceptors (Lipinski definition) is 3. The SMILES string of the molecule is c1ccc(-c2ccc3c(c2)c2cc(-c4ccccc4)ccc2n3-c2ccc(-c3cccc(-n4c5ccccc5c5ccccc54)c3)cc2-c2nc(-c3ccccc3)nc(-c3ccccc3)n2)cc1. The molecule has 318 valence electrons. The first-order chi connectivity index (χ1) is 33.7. The van der Waals surface area contributed by atoms with Crippen LogP contribution in [0.5, 0.6) is 0 Å². The van der Waals surface area contributed by atoms with Crippen molar-refractivity contribution in [1.29, 1.82) is 0 Å². The summed E-state index contributed by atoms with van der Waals surface area (Å²) >= 11 is 0. The Hall–Kier alpha value is -9.19. The van der Waals surface area contributed by atoms with Gasteiger partial charge in [0.25, 0.3) is 0 Å². The maximum absolute atomic E-state index is 5.36. The summed E-state index contributed by atoms with van der Waals surface area (Å²) in [4.78, 5) is 15.8. The molecule has 0 saturated heterocycles. The fourth-order valence-electron chi connectivity index (χ4n) is 9.95. The van der Waals surface area contributed by atoms with Crippen molar-refractivity contribution < 1.29 is 0 Å². The summed E-state index contributed by atoms with van der Waals surface area (Å²) in [5.74, 6) is 1.81. The molecule has 0 saturated carbocycles. The van der Waals surface area contributed by atoms with Crippen LogP contribution in [0, 0.1) is 0 Å². The van der Waals surface area contributed by atoms with Gasteiger partial charge in [-0.1, -0.05) is 188 Å². The summed E-state index contributed by atoms with van der Waals surface area (Å²) in [6.07, 6.45) is 0. The monoisotopic (exact) mass is 867 g/mol. The van der Waals surface area contributed by atoms with Crippen molar-refractivity contribution in [2.75, 3.05) is 0 Å². The maximum Gasteiger partial charge on any atom is 0.166 e. The van der Waals surface area contributed by atoms with Crippen LogP contribution in [0.2, 0.25) is 0 Å². The quantitative estimate of drug-likeness (QED) is 0.153. The standard InChI is InChI=1S/C63H41N5/c1-5-18-42(19-6-1)47-32-35-58-53(39-47)54-40-48(43-20-7-2-8-21-43)33-36-59(54)68(58)60-37-34-49(46-26-17-27-50(38-46)67-56-30-15-13-28-51(56)52-29-14-16-31-57(52)67)41-55(60)63-65-61(44-22-9-3-10-23-44)64-62(66-63)45-24-11-4-12-25-45/h1-41H. The van der Waals surface area contributed by atoms with Crippen LogP contribution in [-0.2, 0) is 0 Å². The van der Waals surface area contributed by atoms with Gasteiger partial charge >= 0.3 is 0 Å².